The minimum atomic E-state index is 0.114. The Kier molecular flexibility index (Phi) is 4.89. The largest absolute Gasteiger partial charge is 0.349 e. The maximum atomic E-state index is 12.0. The SMILES string of the molecule is CN(C)C(=O)[C@@H]1CC=C(c2ccc(Nc3cccnc3)nc2)CC1. The van der Waals surface area contributed by atoms with E-state index in [0.717, 1.165) is 36.3 Å². The molecule has 0 fully saturated rings. The third kappa shape index (κ3) is 3.79. The summed E-state index contributed by atoms with van der Waals surface area (Å²) in [6, 6.07) is 7.88. The number of carbonyl (C=O) groups is 1. The van der Waals surface area contributed by atoms with Crippen LogP contribution in [0.3, 0.4) is 0 Å². The van der Waals surface area contributed by atoms with Crippen molar-refractivity contribution in [1.82, 2.24) is 14.9 Å². The zero-order valence-electron chi connectivity index (χ0n) is 14.1. The number of allylic oxidation sites excluding steroid dienone is 2. The highest BCUT2D eigenvalue weighted by Gasteiger charge is 2.23. The number of carbonyl (C=O) groups excluding carboxylic acids is 1. The van der Waals surface area contributed by atoms with Crippen LogP contribution in [0.15, 0.2) is 48.9 Å². The molecule has 5 nitrogen and oxygen atoms in total. The number of pyridine rings is 2. The Balaban J connectivity index is 1.65. The van der Waals surface area contributed by atoms with Crippen LogP contribution in [-0.2, 0) is 4.79 Å². The van der Waals surface area contributed by atoms with E-state index in [4.69, 9.17) is 0 Å². The van der Waals surface area contributed by atoms with E-state index >= 15 is 0 Å². The first-order valence-corrected chi connectivity index (χ1v) is 8.17. The normalized spacial score (nSPS) is 17.1. The molecule has 5 heteroatoms. The molecule has 2 aromatic rings. The van der Waals surface area contributed by atoms with Gasteiger partial charge in [-0.3, -0.25) is 9.78 Å². The van der Waals surface area contributed by atoms with E-state index in [1.165, 1.54) is 5.57 Å². The summed E-state index contributed by atoms with van der Waals surface area (Å²) in [5.74, 6) is 1.13. The molecule has 2 aromatic heterocycles. The summed E-state index contributed by atoms with van der Waals surface area (Å²) < 4.78 is 0. The number of aromatic nitrogens is 2. The van der Waals surface area contributed by atoms with Crippen molar-refractivity contribution >= 4 is 23.0 Å². The Bertz CT molecular complexity index is 723. The van der Waals surface area contributed by atoms with Gasteiger partial charge in [0.05, 0.1) is 11.9 Å². The van der Waals surface area contributed by atoms with Gasteiger partial charge in [0.2, 0.25) is 5.91 Å². The maximum Gasteiger partial charge on any atom is 0.225 e. The smallest absolute Gasteiger partial charge is 0.225 e. The topological polar surface area (TPSA) is 58.1 Å². The van der Waals surface area contributed by atoms with Crippen LogP contribution in [0.1, 0.15) is 24.8 Å². The molecular weight excluding hydrogens is 300 g/mol. The second-order valence-corrected chi connectivity index (χ2v) is 6.23. The molecular formula is C19H22N4O. The van der Waals surface area contributed by atoms with Gasteiger partial charge in [0.1, 0.15) is 5.82 Å². The number of anilines is 2. The van der Waals surface area contributed by atoms with Gasteiger partial charge in [-0.1, -0.05) is 6.08 Å². The first-order chi connectivity index (χ1) is 11.6. The molecule has 124 valence electrons. The summed E-state index contributed by atoms with van der Waals surface area (Å²) in [5, 5.41) is 3.23. The molecule has 0 unspecified atom stereocenters. The zero-order chi connectivity index (χ0) is 16.9. The van der Waals surface area contributed by atoms with Gasteiger partial charge in [0.25, 0.3) is 0 Å². The minimum absolute atomic E-state index is 0.114. The van der Waals surface area contributed by atoms with Crippen molar-refractivity contribution in [1.29, 1.82) is 0 Å². The van der Waals surface area contributed by atoms with Crippen LogP contribution in [0, 0.1) is 5.92 Å². The maximum absolute atomic E-state index is 12.0. The van der Waals surface area contributed by atoms with Crippen LogP contribution >= 0.6 is 0 Å². The molecule has 1 aliphatic rings. The van der Waals surface area contributed by atoms with Gasteiger partial charge in [0.15, 0.2) is 0 Å². The molecule has 0 bridgehead atoms. The Morgan fingerprint density at radius 3 is 2.71 bits per heavy atom. The van der Waals surface area contributed by atoms with Crippen LogP contribution in [0.25, 0.3) is 5.57 Å². The van der Waals surface area contributed by atoms with E-state index < -0.39 is 0 Å². The van der Waals surface area contributed by atoms with Gasteiger partial charge in [0, 0.05) is 32.4 Å². The van der Waals surface area contributed by atoms with E-state index in [1.54, 1.807) is 17.3 Å². The van der Waals surface area contributed by atoms with Gasteiger partial charge < -0.3 is 10.2 Å². The predicted molar refractivity (Wildman–Crippen MR) is 95.8 cm³/mol. The van der Waals surface area contributed by atoms with Crippen molar-refractivity contribution in [3.63, 3.8) is 0 Å². The number of hydrogen-bond donors (Lipinski definition) is 1. The van der Waals surface area contributed by atoms with E-state index in [1.807, 2.05) is 38.5 Å². The number of hydrogen-bond acceptors (Lipinski definition) is 4. The van der Waals surface area contributed by atoms with Gasteiger partial charge in [-0.2, -0.15) is 0 Å². The van der Waals surface area contributed by atoms with Gasteiger partial charge in [-0.15, -0.1) is 0 Å². The number of nitrogens with zero attached hydrogens (tertiary/aromatic N) is 3. The fourth-order valence-electron chi connectivity index (χ4n) is 2.93. The van der Waals surface area contributed by atoms with Crippen LogP contribution in [0.2, 0.25) is 0 Å². The van der Waals surface area contributed by atoms with Crippen molar-refractivity contribution < 1.29 is 4.79 Å². The molecule has 0 radical (unpaired) electrons. The van der Waals surface area contributed by atoms with Crippen molar-refractivity contribution in [3.05, 3.63) is 54.5 Å². The summed E-state index contributed by atoms with van der Waals surface area (Å²) >= 11 is 0. The van der Waals surface area contributed by atoms with Gasteiger partial charge in [-0.25, -0.2) is 4.98 Å². The second kappa shape index (κ2) is 7.25. The molecule has 2 heterocycles. The van der Waals surface area contributed by atoms with Crippen molar-refractivity contribution in [3.8, 4) is 0 Å². The highest BCUT2D eigenvalue weighted by molar-refractivity contribution is 5.80. The molecule has 0 aromatic carbocycles. The third-order valence-electron chi connectivity index (χ3n) is 4.27. The zero-order valence-corrected chi connectivity index (χ0v) is 14.1. The Hall–Kier alpha value is -2.69. The summed E-state index contributed by atoms with van der Waals surface area (Å²) in [5.41, 5.74) is 3.32. The molecule has 1 N–H and O–H groups in total. The lowest BCUT2D eigenvalue weighted by Gasteiger charge is -2.24. The lowest BCUT2D eigenvalue weighted by atomic mass is 9.86. The number of nitrogens with one attached hydrogen (secondary N) is 1. The van der Waals surface area contributed by atoms with Crippen LogP contribution in [0.5, 0.6) is 0 Å². The van der Waals surface area contributed by atoms with Crippen LogP contribution < -0.4 is 5.32 Å². The molecule has 3 rings (SSSR count). The van der Waals surface area contributed by atoms with E-state index in [0.29, 0.717) is 0 Å². The number of rotatable bonds is 4. The summed E-state index contributed by atoms with van der Waals surface area (Å²) in [4.78, 5) is 22.3. The van der Waals surface area contributed by atoms with E-state index in [2.05, 4.69) is 27.4 Å². The van der Waals surface area contributed by atoms with Crippen molar-refractivity contribution in [2.24, 2.45) is 5.92 Å². The Labute approximate surface area is 142 Å². The molecule has 24 heavy (non-hydrogen) atoms. The molecule has 0 saturated carbocycles. The van der Waals surface area contributed by atoms with E-state index in [9.17, 15) is 4.79 Å². The average Bonchev–Trinajstić information content (AvgIpc) is 2.63. The average molecular weight is 322 g/mol. The Morgan fingerprint density at radius 1 is 1.25 bits per heavy atom. The van der Waals surface area contributed by atoms with Gasteiger partial charge >= 0.3 is 0 Å². The fourth-order valence-corrected chi connectivity index (χ4v) is 2.93. The summed E-state index contributed by atoms with van der Waals surface area (Å²) in [6.07, 6.45) is 10.2. The standard InChI is InChI=1S/C19H22N4O/c1-23(2)19(24)15-7-5-14(6-8-15)16-9-10-18(21-12-16)22-17-4-3-11-20-13-17/h3-5,9-13,15H,6-8H2,1-2H3,(H,21,22)/t15-/m1/s1. The third-order valence-corrected chi connectivity index (χ3v) is 4.27. The molecule has 0 aliphatic heterocycles. The van der Waals surface area contributed by atoms with Crippen LogP contribution in [-0.4, -0.2) is 34.9 Å². The van der Waals surface area contributed by atoms with Crippen molar-refractivity contribution in [2.45, 2.75) is 19.3 Å². The summed E-state index contributed by atoms with van der Waals surface area (Å²) in [7, 11) is 3.64. The first-order valence-electron chi connectivity index (χ1n) is 8.17. The van der Waals surface area contributed by atoms with Gasteiger partial charge in [-0.05, 0) is 54.7 Å². The lowest BCUT2D eigenvalue weighted by molar-refractivity contribution is -0.133. The highest BCUT2D eigenvalue weighted by Crippen LogP contribution is 2.31. The lowest BCUT2D eigenvalue weighted by Crippen LogP contribution is -2.30. The monoisotopic (exact) mass is 322 g/mol. The predicted octanol–water partition coefficient (Wildman–Crippen LogP) is 3.49. The number of amides is 1. The highest BCUT2D eigenvalue weighted by atomic mass is 16.2. The second-order valence-electron chi connectivity index (χ2n) is 6.23. The van der Waals surface area contributed by atoms with Crippen LogP contribution in [0.4, 0.5) is 11.5 Å². The quantitative estimate of drug-likeness (QED) is 0.936. The first kappa shape index (κ1) is 16.2. The molecule has 1 aliphatic carbocycles. The molecule has 0 spiro atoms. The summed E-state index contributed by atoms with van der Waals surface area (Å²) in [6.45, 7) is 0. The molecule has 0 saturated heterocycles. The van der Waals surface area contributed by atoms with E-state index in [-0.39, 0.29) is 11.8 Å². The minimum Gasteiger partial charge on any atom is -0.349 e. The molecule has 1 atom stereocenters. The molecule has 1 amide bonds. The van der Waals surface area contributed by atoms with Crippen molar-refractivity contribution in [2.75, 3.05) is 19.4 Å². The fraction of sp³-hybridized carbons (Fsp3) is 0.316. The Morgan fingerprint density at radius 2 is 2.12 bits per heavy atom.